The van der Waals surface area contributed by atoms with Gasteiger partial charge >= 0.3 is 5.97 Å². The number of carbonyl (C=O) groups excluding carboxylic acids is 2. The molecule has 1 atom stereocenters. The Balaban J connectivity index is 1.81. The van der Waals surface area contributed by atoms with Gasteiger partial charge in [-0.2, -0.15) is 0 Å². The van der Waals surface area contributed by atoms with Crippen LogP contribution in [-0.2, 0) is 9.59 Å². The monoisotopic (exact) mass is 352 g/mol. The molecule has 1 aromatic carbocycles. The molecule has 1 fully saturated rings. The predicted molar refractivity (Wildman–Crippen MR) is 89.9 cm³/mol. The van der Waals surface area contributed by atoms with Crippen molar-refractivity contribution in [3.8, 4) is 0 Å². The minimum Gasteiger partial charge on any atom is -0.481 e. The van der Waals surface area contributed by atoms with E-state index in [0.717, 1.165) is 0 Å². The summed E-state index contributed by atoms with van der Waals surface area (Å²) in [5.74, 6) is -1.71. The molecule has 1 aromatic rings. The van der Waals surface area contributed by atoms with Crippen molar-refractivity contribution in [2.75, 3.05) is 0 Å². The number of hydrogen-bond donors (Lipinski definition) is 3. The van der Waals surface area contributed by atoms with Crippen molar-refractivity contribution in [2.45, 2.75) is 44.7 Å². The van der Waals surface area contributed by atoms with Gasteiger partial charge in [-0.15, -0.1) is 0 Å². The zero-order valence-electron chi connectivity index (χ0n) is 13.4. The molecule has 1 aliphatic rings. The number of aliphatic carboxylic acids is 1. The van der Waals surface area contributed by atoms with Crippen molar-refractivity contribution < 1.29 is 19.5 Å². The van der Waals surface area contributed by atoms with Crippen LogP contribution in [0.3, 0.4) is 0 Å². The molecular formula is C17H21ClN2O4. The molecule has 0 saturated heterocycles. The third kappa shape index (κ3) is 4.96. The highest BCUT2D eigenvalue weighted by Gasteiger charge is 2.28. The fraction of sp³-hybridized carbons (Fsp3) is 0.471. The summed E-state index contributed by atoms with van der Waals surface area (Å²) < 4.78 is 0. The molecule has 3 N–H and O–H groups in total. The number of halogens is 1. The lowest BCUT2D eigenvalue weighted by Crippen LogP contribution is -2.49. The number of carboxylic acid groups (broad SMARTS) is 1. The number of nitrogens with one attached hydrogen (secondary N) is 2. The second-order valence-electron chi connectivity index (χ2n) is 6.10. The minimum atomic E-state index is -0.775. The van der Waals surface area contributed by atoms with Gasteiger partial charge in [-0.25, -0.2) is 0 Å². The number of carboxylic acids is 1. The van der Waals surface area contributed by atoms with E-state index in [0.29, 0.717) is 36.3 Å². The second kappa shape index (κ2) is 8.15. The molecule has 1 saturated carbocycles. The third-order valence-electron chi connectivity index (χ3n) is 4.27. The number of amides is 2. The van der Waals surface area contributed by atoms with E-state index in [2.05, 4.69) is 10.6 Å². The fourth-order valence-electron chi connectivity index (χ4n) is 2.76. The molecule has 0 spiro atoms. The lowest BCUT2D eigenvalue weighted by molar-refractivity contribution is -0.142. The predicted octanol–water partition coefficient (Wildman–Crippen LogP) is 2.22. The van der Waals surface area contributed by atoms with Crippen LogP contribution >= 0.6 is 11.6 Å². The third-order valence-corrected chi connectivity index (χ3v) is 4.52. The van der Waals surface area contributed by atoms with Crippen LogP contribution in [0.15, 0.2) is 24.3 Å². The molecule has 2 rings (SSSR count). The molecule has 0 aliphatic heterocycles. The van der Waals surface area contributed by atoms with Crippen molar-refractivity contribution in [1.29, 1.82) is 0 Å². The Kier molecular flexibility index (Phi) is 6.20. The largest absolute Gasteiger partial charge is 0.481 e. The molecule has 2 amide bonds. The summed E-state index contributed by atoms with van der Waals surface area (Å²) in [7, 11) is 0. The molecule has 0 radical (unpaired) electrons. The van der Waals surface area contributed by atoms with E-state index in [1.165, 1.54) is 0 Å². The summed E-state index contributed by atoms with van der Waals surface area (Å²) in [5.41, 5.74) is 0.431. The van der Waals surface area contributed by atoms with Gasteiger partial charge in [-0.05, 0) is 56.9 Å². The highest BCUT2D eigenvalue weighted by atomic mass is 35.5. The first-order valence-electron chi connectivity index (χ1n) is 7.96. The first-order chi connectivity index (χ1) is 11.4. The Morgan fingerprint density at radius 3 is 2.25 bits per heavy atom. The van der Waals surface area contributed by atoms with Gasteiger partial charge in [-0.3, -0.25) is 14.4 Å². The Bertz CT molecular complexity index is 610. The normalized spacial score (nSPS) is 21.6. The molecule has 6 nitrogen and oxygen atoms in total. The quantitative estimate of drug-likeness (QED) is 0.757. The Labute approximate surface area is 145 Å². The molecule has 1 unspecified atom stereocenters. The van der Waals surface area contributed by atoms with Crippen LogP contribution in [0.2, 0.25) is 5.02 Å². The van der Waals surface area contributed by atoms with E-state index < -0.39 is 12.0 Å². The SMILES string of the molecule is CC(NC(=O)c1ccc(Cl)cc1)C(=O)NC1CCC(C(=O)O)CC1. The average Bonchev–Trinajstić information content (AvgIpc) is 2.55. The van der Waals surface area contributed by atoms with Crippen LogP contribution in [0.5, 0.6) is 0 Å². The fourth-order valence-corrected chi connectivity index (χ4v) is 2.88. The Hall–Kier alpha value is -2.08. The van der Waals surface area contributed by atoms with Crippen molar-refractivity contribution >= 4 is 29.4 Å². The van der Waals surface area contributed by atoms with Gasteiger partial charge in [0.25, 0.3) is 5.91 Å². The van der Waals surface area contributed by atoms with Gasteiger partial charge in [0.05, 0.1) is 5.92 Å². The molecule has 24 heavy (non-hydrogen) atoms. The maximum Gasteiger partial charge on any atom is 0.306 e. The molecule has 0 heterocycles. The zero-order chi connectivity index (χ0) is 17.7. The molecular weight excluding hydrogens is 332 g/mol. The molecule has 7 heteroatoms. The van der Waals surface area contributed by atoms with Crippen molar-refractivity contribution in [3.63, 3.8) is 0 Å². The first kappa shape index (κ1) is 18.3. The van der Waals surface area contributed by atoms with E-state index in [9.17, 15) is 14.4 Å². The van der Waals surface area contributed by atoms with Gasteiger partial charge < -0.3 is 15.7 Å². The van der Waals surface area contributed by atoms with E-state index in [4.69, 9.17) is 16.7 Å². The van der Waals surface area contributed by atoms with Gasteiger partial charge in [-0.1, -0.05) is 11.6 Å². The van der Waals surface area contributed by atoms with Crippen LogP contribution in [0.1, 0.15) is 43.0 Å². The first-order valence-corrected chi connectivity index (χ1v) is 8.34. The van der Waals surface area contributed by atoms with Crippen LogP contribution in [-0.4, -0.2) is 35.0 Å². The maximum atomic E-state index is 12.2. The summed E-state index contributed by atoms with van der Waals surface area (Å²) >= 11 is 5.78. The lowest BCUT2D eigenvalue weighted by atomic mass is 9.86. The van der Waals surface area contributed by atoms with Crippen LogP contribution in [0, 0.1) is 5.92 Å². The van der Waals surface area contributed by atoms with Gasteiger partial charge in [0.2, 0.25) is 5.91 Å². The highest BCUT2D eigenvalue weighted by molar-refractivity contribution is 6.30. The van der Waals surface area contributed by atoms with E-state index in [1.54, 1.807) is 31.2 Å². The molecule has 130 valence electrons. The van der Waals surface area contributed by atoms with Gasteiger partial charge in [0.1, 0.15) is 6.04 Å². The van der Waals surface area contributed by atoms with Gasteiger partial charge in [0, 0.05) is 16.6 Å². The summed E-state index contributed by atoms with van der Waals surface area (Å²) in [4.78, 5) is 35.2. The summed E-state index contributed by atoms with van der Waals surface area (Å²) in [6.07, 6.45) is 2.40. The standard InChI is InChI=1S/C17H21ClN2O4/c1-10(19-16(22)11-2-6-13(18)7-3-11)15(21)20-14-8-4-12(5-9-14)17(23)24/h2-3,6-7,10,12,14H,4-5,8-9H2,1H3,(H,19,22)(H,20,21)(H,23,24). The lowest BCUT2D eigenvalue weighted by Gasteiger charge is -2.28. The highest BCUT2D eigenvalue weighted by Crippen LogP contribution is 2.24. The van der Waals surface area contributed by atoms with Crippen molar-refractivity contribution in [2.24, 2.45) is 5.92 Å². The van der Waals surface area contributed by atoms with Crippen molar-refractivity contribution in [3.05, 3.63) is 34.9 Å². The number of hydrogen-bond acceptors (Lipinski definition) is 3. The van der Waals surface area contributed by atoms with Crippen LogP contribution < -0.4 is 10.6 Å². The van der Waals surface area contributed by atoms with E-state index in [1.807, 2.05) is 0 Å². The maximum absolute atomic E-state index is 12.2. The zero-order valence-corrected chi connectivity index (χ0v) is 14.2. The summed E-state index contributed by atoms with van der Waals surface area (Å²) in [5, 5.41) is 15.0. The van der Waals surface area contributed by atoms with Crippen molar-refractivity contribution in [1.82, 2.24) is 10.6 Å². The number of benzene rings is 1. The summed E-state index contributed by atoms with van der Waals surface area (Å²) in [6.45, 7) is 1.62. The average molecular weight is 353 g/mol. The topological polar surface area (TPSA) is 95.5 Å². The molecule has 0 aromatic heterocycles. The number of rotatable bonds is 5. The Morgan fingerprint density at radius 1 is 1.12 bits per heavy atom. The smallest absolute Gasteiger partial charge is 0.306 e. The van der Waals surface area contributed by atoms with E-state index in [-0.39, 0.29) is 23.8 Å². The van der Waals surface area contributed by atoms with Gasteiger partial charge in [0.15, 0.2) is 0 Å². The van der Waals surface area contributed by atoms with Crippen LogP contribution in [0.4, 0.5) is 0 Å². The minimum absolute atomic E-state index is 0.0389. The Morgan fingerprint density at radius 2 is 1.71 bits per heavy atom. The summed E-state index contributed by atoms with van der Waals surface area (Å²) in [6, 6.07) is 5.70. The number of carbonyl (C=O) groups is 3. The van der Waals surface area contributed by atoms with E-state index >= 15 is 0 Å². The molecule has 1 aliphatic carbocycles. The molecule has 0 bridgehead atoms. The second-order valence-corrected chi connectivity index (χ2v) is 6.53. The van der Waals surface area contributed by atoms with Crippen LogP contribution in [0.25, 0.3) is 0 Å².